The highest BCUT2D eigenvalue weighted by molar-refractivity contribution is 5.71. The predicted octanol–water partition coefficient (Wildman–Crippen LogP) is 7.20. The Morgan fingerprint density at radius 3 is 2.26 bits per heavy atom. The molecule has 0 aromatic heterocycles. The Bertz CT molecular complexity index is 842. The van der Waals surface area contributed by atoms with Gasteiger partial charge < -0.3 is 10.1 Å². The highest BCUT2D eigenvalue weighted by Gasteiger charge is 2.17. The summed E-state index contributed by atoms with van der Waals surface area (Å²) >= 11 is 0. The lowest BCUT2D eigenvalue weighted by Gasteiger charge is -2.18. The average Bonchev–Trinajstić information content (AvgIpc) is 2.67. The number of nitrogens with one attached hydrogen (secondary N) is 1. The van der Waals surface area contributed by atoms with Gasteiger partial charge >= 0.3 is 6.09 Å². The summed E-state index contributed by atoms with van der Waals surface area (Å²) in [5.74, 6) is -1.79. The third kappa shape index (κ3) is 9.07. The molecular formula is C26H35F2NO2. The van der Waals surface area contributed by atoms with Crippen LogP contribution in [-0.4, -0.2) is 12.6 Å². The largest absolute Gasteiger partial charge is 0.412 e. The van der Waals surface area contributed by atoms with Crippen LogP contribution in [0.3, 0.4) is 0 Å². The molecule has 0 saturated heterocycles. The van der Waals surface area contributed by atoms with Gasteiger partial charge in [0.25, 0.3) is 0 Å². The van der Waals surface area contributed by atoms with E-state index in [1.807, 2.05) is 24.3 Å². The maximum Gasteiger partial charge on any atom is 0.412 e. The van der Waals surface area contributed by atoms with E-state index in [0.717, 1.165) is 43.7 Å². The van der Waals surface area contributed by atoms with Gasteiger partial charge in [-0.2, -0.15) is 0 Å². The molecule has 3 nitrogen and oxygen atoms in total. The van der Waals surface area contributed by atoms with Crippen molar-refractivity contribution in [3.63, 3.8) is 0 Å². The maximum absolute atomic E-state index is 14.4. The summed E-state index contributed by atoms with van der Waals surface area (Å²) in [4.78, 5) is 12.1. The minimum absolute atomic E-state index is 0.178. The van der Waals surface area contributed by atoms with Crippen LogP contribution in [0.4, 0.5) is 13.6 Å². The summed E-state index contributed by atoms with van der Waals surface area (Å²) in [5, 5.41) is 2.65. The fourth-order valence-corrected chi connectivity index (χ4v) is 3.51. The van der Waals surface area contributed by atoms with Gasteiger partial charge in [-0.05, 0) is 35.4 Å². The van der Waals surface area contributed by atoms with Gasteiger partial charge in [0.15, 0.2) is 11.6 Å². The third-order valence-electron chi connectivity index (χ3n) is 4.98. The van der Waals surface area contributed by atoms with Gasteiger partial charge in [0.2, 0.25) is 0 Å². The second-order valence-corrected chi connectivity index (χ2v) is 9.34. The van der Waals surface area contributed by atoms with Gasteiger partial charge in [-0.25, -0.2) is 13.6 Å². The van der Waals surface area contributed by atoms with Crippen LogP contribution in [0.1, 0.15) is 76.5 Å². The molecule has 31 heavy (non-hydrogen) atoms. The Balaban J connectivity index is 2.03. The summed E-state index contributed by atoms with van der Waals surface area (Å²) in [6, 6.07) is 9.92. The molecule has 0 bridgehead atoms. The molecule has 2 aromatic carbocycles. The maximum atomic E-state index is 14.4. The number of benzene rings is 2. The fraction of sp³-hybridized carbons (Fsp3) is 0.500. The Morgan fingerprint density at radius 1 is 0.968 bits per heavy atom. The molecule has 1 N–H and O–H groups in total. The van der Waals surface area contributed by atoms with E-state index in [1.54, 1.807) is 0 Å². The van der Waals surface area contributed by atoms with Gasteiger partial charge in [-0.1, -0.05) is 77.6 Å². The number of ether oxygens (including phenoxy) is 1. The Labute approximate surface area is 185 Å². The smallest absolute Gasteiger partial charge is 0.407 e. The summed E-state index contributed by atoms with van der Waals surface area (Å²) < 4.78 is 33.5. The molecule has 0 aliphatic carbocycles. The van der Waals surface area contributed by atoms with Crippen molar-refractivity contribution in [3.8, 4) is 5.75 Å². The molecule has 0 fully saturated rings. The lowest BCUT2D eigenvalue weighted by molar-refractivity contribution is 0.197. The number of unbranched alkanes of at least 4 members (excludes halogenated alkanes) is 4. The molecule has 2 rings (SSSR count). The molecule has 0 atom stereocenters. The van der Waals surface area contributed by atoms with Crippen LogP contribution in [0, 0.1) is 17.0 Å². The van der Waals surface area contributed by atoms with E-state index in [2.05, 4.69) is 33.0 Å². The lowest BCUT2D eigenvalue weighted by Crippen LogP contribution is -2.28. The first-order valence-electron chi connectivity index (χ1n) is 11.2. The third-order valence-corrected chi connectivity index (χ3v) is 4.98. The lowest BCUT2D eigenvalue weighted by atomic mass is 9.88. The minimum Gasteiger partial charge on any atom is -0.407 e. The van der Waals surface area contributed by atoms with Gasteiger partial charge in [-0.3, -0.25) is 0 Å². The van der Waals surface area contributed by atoms with Crippen LogP contribution in [-0.2, 0) is 12.8 Å². The van der Waals surface area contributed by atoms with Crippen LogP contribution in [0.25, 0.3) is 0 Å². The molecule has 2 aromatic rings. The first kappa shape index (κ1) is 24.8. The zero-order valence-electron chi connectivity index (χ0n) is 19.2. The molecule has 5 heteroatoms. The second-order valence-electron chi connectivity index (χ2n) is 9.34. The normalized spacial score (nSPS) is 11.4. The molecule has 0 spiro atoms. The second kappa shape index (κ2) is 11.8. The van der Waals surface area contributed by atoms with E-state index in [1.165, 1.54) is 18.1 Å². The summed E-state index contributed by atoms with van der Waals surface area (Å²) in [6.45, 7) is 9.14. The van der Waals surface area contributed by atoms with E-state index in [0.29, 0.717) is 12.1 Å². The molecule has 1 amide bonds. The molecule has 170 valence electrons. The number of carbonyl (C=O) groups excluding carboxylic acids is 1. The van der Waals surface area contributed by atoms with Crippen molar-refractivity contribution in [2.75, 3.05) is 6.54 Å². The van der Waals surface area contributed by atoms with Crippen molar-refractivity contribution in [2.24, 2.45) is 5.41 Å². The molecule has 0 aliphatic rings. The van der Waals surface area contributed by atoms with Crippen LogP contribution in [0.5, 0.6) is 5.75 Å². The fourth-order valence-electron chi connectivity index (χ4n) is 3.51. The molecule has 0 aliphatic heterocycles. The molecule has 0 unspecified atom stereocenters. The number of hydrogen-bond acceptors (Lipinski definition) is 2. The quantitative estimate of drug-likeness (QED) is 0.404. The summed E-state index contributed by atoms with van der Waals surface area (Å²) in [6.07, 6.45) is 5.80. The van der Waals surface area contributed by atoms with Crippen LogP contribution >= 0.6 is 0 Å². The van der Waals surface area contributed by atoms with Crippen molar-refractivity contribution in [2.45, 2.75) is 72.6 Å². The molecular weight excluding hydrogens is 396 g/mol. The number of amides is 1. The van der Waals surface area contributed by atoms with Gasteiger partial charge in [0.1, 0.15) is 5.82 Å². The Morgan fingerprint density at radius 2 is 1.61 bits per heavy atom. The standard InChI is InChI=1S/C26H35F2NO2/c1-5-6-7-8-9-14-29-25(30)31-24-21(16-22(27)17-23(24)28)15-19-10-12-20(13-11-19)18-26(2,3)4/h10-13,16-17H,5-9,14-15,18H2,1-4H3,(H,29,30). The zero-order chi connectivity index (χ0) is 22.9. The van der Waals surface area contributed by atoms with E-state index >= 15 is 0 Å². The Hall–Kier alpha value is -2.43. The van der Waals surface area contributed by atoms with E-state index in [9.17, 15) is 13.6 Å². The van der Waals surface area contributed by atoms with Crippen molar-refractivity contribution >= 4 is 6.09 Å². The minimum atomic E-state index is -0.877. The SMILES string of the molecule is CCCCCCCNC(=O)Oc1c(F)cc(F)cc1Cc1ccc(CC(C)(C)C)cc1. The van der Waals surface area contributed by atoms with Gasteiger partial charge in [0, 0.05) is 24.6 Å². The zero-order valence-corrected chi connectivity index (χ0v) is 19.2. The average molecular weight is 432 g/mol. The highest BCUT2D eigenvalue weighted by atomic mass is 19.1. The number of rotatable bonds is 10. The Kier molecular flexibility index (Phi) is 9.47. The first-order valence-corrected chi connectivity index (χ1v) is 11.2. The van der Waals surface area contributed by atoms with Crippen LogP contribution < -0.4 is 10.1 Å². The number of carbonyl (C=O) groups is 1. The summed E-state index contributed by atoms with van der Waals surface area (Å²) in [5.41, 5.74) is 2.58. The number of hydrogen-bond donors (Lipinski definition) is 1. The van der Waals surface area contributed by atoms with Crippen molar-refractivity contribution in [1.29, 1.82) is 0 Å². The van der Waals surface area contributed by atoms with E-state index in [4.69, 9.17) is 4.74 Å². The van der Waals surface area contributed by atoms with Gasteiger partial charge in [-0.15, -0.1) is 0 Å². The van der Waals surface area contributed by atoms with Crippen molar-refractivity contribution < 1.29 is 18.3 Å². The highest BCUT2D eigenvalue weighted by Crippen LogP contribution is 2.28. The topological polar surface area (TPSA) is 38.3 Å². The van der Waals surface area contributed by atoms with Crippen molar-refractivity contribution in [3.05, 3.63) is 64.7 Å². The predicted molar refractivity (Wildman–Crippen MR) is 122 cm³/mol. The van der Waals surface area contributed by atoms with Crippen LogP contribution in [0.2, 0.25) is 0 Å². The molecule has 0 saturated carbocycles. The first-order chi connectivity index (χ1) is 14.7. The van der Waals surface area contributed by atoms with Gasteiger partial charge in [0.05, 0.1) is 0 Å². The van der Waals surface area contributed by atoms with E-state index < -0.39 is 17.7 Å². The monoisotopic (exact) mass is 431 g/mol. The van der Waals surface area contributed by atoms with E-state index in [-0.39, 0.29) is 17.6 Å². The molecule has 0 heterocycles. The molecule has 0 radical (unpaired) electrons. The summed E-state index contributed by atoms with van der Waals surface area (Å²) in [7, 11) is 0. The van der Waals surface area contributed by atoms with Crippen molar-refractivity contribution in [1.82, 2.24) is 5.32 Å². The number of halogens is 2. The van der Waals surface area contributed by atoms with Crippen LogP contribution in [0.15, 0.2) is 36.4 Å².